The SMILES string of the molecule is Cc1nc(C(C)(C)NC(=O)c2cc(-c3cccs3)nc3c2cnn3C(C)C)no1. The van der Waals surface area contributed by atoms with Gasteiger partial charge in [0.15, 0.2) is 11.5 Å². The third-order valence-electron chi connectivity index (χ3n) is 4.59. The predicted octanol–water partition coefficient (Wildman–Crippen LogP) is 4.10. The summed E-state index contributed by atoms with van der Waals surface area (Å²) >= 11 is 1.58. The van der Waals surface area contributed by atoms with Crippen LogP contribution in [0.4, 0.5) is 0 Å². The second-order valence-corrected chi connectivity index (χ2v) is 8.62. The van der Waals surface area contributed by atoms with E-state index in [1.807, 2.05) is 56.0 Å². The van der Waals surface area contributed by atoms with E-state index in [4.69, 9.17) is 9.51 Å². The Labute approximate surface area is 172 Å². The van der Waals surface area contributed by atoms with Gasteiger partial charge in [-0.25, -0.2) is 9.67 Å². The van der Waals surface area contributed by atoms with Crippen molar-refractivity contribution in [3.8, 4) is 10.6 Å². The van der Waals surface area contributed by atoms with E-state index in [1.165, 1.54) is 0 Å². The van der Waals surface area contributed by atoms with Crippen LogP contribution in [0.1, 0.15) is 55.8 Å². The number of aryl methyl sites for hydroxylation is 1. The largest absolute Gasteiger partial charge is 0.340 e. The fraction of sp³-hybridized carbons (Fsp3) is 0.350. The van der Waals surface area contributed by atoms with E-state index < -0.39 is 5.54 Å². The van der Waals surface area contributed by atoms with Crippen LogP contribution in [0.5, 0.6) is 0 Å². The van der Waals surface area contributed by atoms with Crippen LogP contribution < -0.4 is 5.32 Å². The highest BCUT2D eigenvalue weighted by molar-refractivity contribution is 7.13. The molecule has 0 aromatic carbocycles. The first-order valence-electron chi connectivity index (χ1n) is 9.31. The van der Waals surface area contributed by atoms with Gasteiger partial charge in [-0.1, -0.05) is 11.2 Å². The average Bonchev–Trinajstić information content (AvgIpc) is 3.40. The standard InChI is InChI=1S/C20H22N6O2S/c1-11(2)26-17-14(10-21-26)13(9-15(23-17)16-7-6-8-29-16)18(27)24-20(4,5)19-22-12(3)28-25-19/h6-11H,1-5H3,(H,24,27). The molecular formula is C20H22N6O2S. The van der Waals surface area contributed by atoms with Crippen molar-refractivity contribution in [2.45, 2.75) is 46.2 Å². The minimum atomic E-state index is -0.804. The molecule has 0 aliphatic carbocycles. The second-order valence-electron chi connectivity index (χ2n) is 7.67. The number of thiophene rings is 1. The van der Waals surface area contributed by atoms with Crippen molar-refractivity contribution < 1.29 is 9.32 Å². The zero-order valence-corrected chi connectivity index (χ0v) is 17.7. The number of amides is 1. The maximum Gasteiger partial charge on any atom is 0.252 e. The molecule has 0 radical (unpaired) electrons. The third-order valence-corrected chi connectivity index (χ3v) is 5.48. The van der Waals surface area contributed by atoms with Crippen molar-refractivity contribution in [3.63, 3.8) is 0 Å². The molecule has 0 bridgehead atoms. The van der Waals surface area contributed by atoms with Crippen LogP contribution >= 0.6 is 11.3 Å². The normalized spacial score (nSPS) is 12.1. The van der Waals surface area contributed by atoms with Gasteiger partial charge in [-0.05, 0) is 45.2 Å². The number of pyridine rings is 1. The van der Waals surface area contributed by atoms with Crippen LogP contribution in [0, 0.1) is 6.92 Å². The van der Waals surface area contributed by atoms with Gasteiger partial charge in [0, 0.05) is 13.0 Å². The van der Waals surface area contributed by atoms with Crippen LogP contribution in [0.2, 0.25) is 0 Å². The third kappa shape index (κ3) is 3.53. The van der Waals surface area contributed by atoms with E-state index in [2.05, 4.69) is 20.6 Å². The molecule has 29 heavy (non-hydrogen) atoms. The average molecular weight is 411 g/mol. The van der Waals surface area contributed by atoms with Crippen LogP contribution in [0.15, 0.2) is 34.3 Å². The Balaban J connectivity index is 1.80. The Bertz CT molecular complexity index is 1170. The first-order valence-corrected chi connectivity index (χ1v) is 10.2. The van der Waals surface area contributed by atoms with E-state index in [1.54, 1.807) is 24.5 Å². The van der Waals surface area contributed by atoms with Gasteiger partial charge in [0.05, 0.1) is 33.3 Å². The van der Waals surface area contributed by atoms with Crippen LogP contribution in [-0.4, -0.2) is 30.8 Å². The molecule has 0 unspecified atom stereocenters. The van der Waals surface area contributed by atoms with Gasteiger partial charge >= 0.3 is 0 Å². The zero-order valence-electron chi connectivity index (χ0n) is 16.9. The van der Waals surface area contributed by atoms with Gasteiger partial charge < -0.3 is 9.84 Å². The molecule has 4 aromatic rings. The number of nitrogens with one attached hydrogen (secondary N) is 1. The lowest BCUT2D eigenvalue weighted by molar-refractivity contribution is 0.0909. The van der Waals surface area contributed by atoms with Gasteiger partial charge in [0.25, 0.3) is 5.91 Å². The molecule has 9 heteroatoms. The van der Waals surface area contributed by atoms with Gasteiger partial charge in [0.2, 0.25) is 5.89 Å². The van der Waals surface area contributed by atoms with Crippen LogP contribution in [-0.2, 0) is 5.54 Å². The van der Waals surface area contributed by atoms with Crippen LogP contribution in [0.3, 0.4) is 0 Å². The Morgan fingerprint density at radius 1 is 1.31 bits per heavy atom. The molecular weight excluding hydrogens is 388 g/mol. The molecule has 4 rings (SSSR count). The molecule has 4 aromatic heterocycles. The zero-order chi connectivity index (χ0) is 20.8. The van der Waals surface area contributed by atoms with Gasteiger partial charge in [-0.3, -0.25) is 4.79 Å². The van der Waals surface area contributed by atoms with E-state index >= 15 is 0 Å². The molecule has 4 heterocycles. The Morgan fingerprint density at radius 3 is 2.72 bits per heavy atom. The lowest BCUT2D eigenvalue weighted by Crippen LogP contribution is -2.42. The fourth-order valence-electron chi connectivity index (χ4n) is 3.09. The fourth-order valence-corrected chi connectivity index (χ4v) is 3.78. The monoisotopic (exact) mass is 410 g/mol. The highest BCUT2D eigenvalue weighted by Crippen LogP contribution is 2.29. The minimum absolute atomic E-state index is 0.119. The van der Waals surface area contributed by atoms with Crippen molar-refractivity contribution in [3.05, 3.63) is 47.1 Å². The first kappa shape index (κ1) is 19.3. The van der Waals surface area contributed by atoms with Crippen molar-refractivity contribution in [2.24, 2.45) is 0 Å². The summed E-state index contributed by atoms with van der Waals surface area (Å²) in [4.78, 5) is 23.3. The van der Waals surface area contributed by atoms with Gasteiger partial charge in [-0.15, -0.1) is 11.3 Å². The number of carbonyl (C=O) groups excluding carboxylic acids is 1. The summed E-state index contributed by atoms with van der Waals surface area (Å²) < 4.78 is 6.90. The van der Waals surface area contributed by atoms with E-state index in [-0.39, 0.29) is 11.9 Å². The first-order chi connectivity index (χ1) is 13.8. The summed E-state index contributed by atoms with van der Waals surface area (Å²) in [6.07, 6.45) is 1.70. The number of fused-ring (bicyclic) bond motifs is 1. The number of hydrogen-bond acceptors (Lipinski definition) is 7. The van der Waals surface area contributed by atoms with Crippen LogP contribution in [0.25, 0.3) is 21.6 Å². The smallest absolute Gasteiger partial charge is 0.252 e. The number of hydrogen-bond donors (Lipinski definition) is 1. The number of rotatable bonds is 5. The molecule has 0 aliphatic heterocycles. The summed E-state index contributed by atoms with van der Waals surface area (Å²) in [7, 11) is 0. The Morgan fingerprint density at radius 2 is 2.10 bits per heavy atom. The maximum absolute atomic E-state index is 13.3. The molecule has 0 saturated heterocycles. The van der Waals surface area contributed by atoms with E-state index in [9.17, 15) is 4.79 Å². The number of nitrogens with zero attached hydrogens (tertiary/aromatic N) is 5. The number of aromatic nitrogens is 5. The number of carbonyl (C=O) groups is 1. The molecule has 1 N–H and O–H groups in total. The molecule has 0 aliphatic rings. The molecule has 1 amide bonds. The highest BCUT2D eigenvalue weighted by atomic mass is 32.1. The molecule has 0 spiro atoms. The van der Waals surface area contributed by atoms with Crippen molar-refractivity contribution in [2.75, 3.05) is 0 Å². The molecule has 0 fully saturated rings. The minimum Gasteiger partial charge on any atom is -0.340 e. The quantitative estimate of drug-likeness (QED) is 0.532. The van der Waals surface area contributed by atoms with Gasteiger partial charge in [-0.2, -0.15) is 10.1 Å². The lowest BCUT2D eigenvalue weighted by Gasteiger charge is -2.22. The van der Waals surface area contributed by atoms with Crippen molar-refractivity contribution >= 4 is 28.3 Å². The molecule has 0 saturated carbocycles. The van der Waals surface area contributed by atoms with E-state index in [0.29, 0.717) is 28.3 Å². The molecule has 8 nitrogen and oxygen atoms in total. The summed E-state index contributed by atoms with van der Waals surface area (Å²) in [5, 5.41) is 14.1. The Kier molecular flexibility index (Phi) is 4.70. The van der Waals surface area contributed by atoms with Crippen molar-refractivity contribution in [1.29, 1.82) is 0 Å². The Hall–Kier alpha value is -3.07. The summed E-state index contributed by atoms with van der Waals surface area (Å²) in [5.41, 5.74) is 1.14. The van der Waals surface area contributed by atoms with Crippen molar-refractivity contribution in [1.82, 2.24) is 30.2 Å². The van der Waals surface area contributed by atoms with E-state index in [0.717, 1.165) is 10.6 Å². The molecule has 150 valence electrons. The predicted molar refractivity (Wildman–Crippen MR) is 111 cm³/mol. The van der Waals surface area contributed by atoms with Gasteiger partial charge in [0.1, 0.15) is 0 Å². The highest BCUT2D eigenvalue weighted by Gasteiger charge is 2.30. The summed E-state index contributed by atoms with van der Waals surface area (Å²) in [6, 6.07) is 5.89. The summed E-state index contributed by atoms with van der Waals surface area (Å²) in [6.45, 7) is 9.46. The maximum atomic E-state index is 13.3. The second kappa shape index (κ2) is 7.07. The molecule has 0 atom stereocenters. The topological polar surface area (TPSA) is 98.7 Å². The summed E-state index contributed by atoms with van der Waals surface area (Å²) in [5.74, 6) is 0.628. The lowest BCUT2D eigenvalue weighted by atomic mass is 10.0.